The van der Waals surface area contributed by atoms with Crippen molar-refractivity contribution in [3.05, 3.63) is 47.0 Å². The Morgan fingerprint density at radius 2 is 2.26 bits per heavy atom. The second kappa shape index (κ2) is 7.58. The Morgan fingerprint density at radius 1 is 1.37 bits per heavy atom. The molecule has 0 unspecified atom stereocenters. The van der Waals surface area contributed by atoms with Crippen LogP contribution in [0.2, 0.25) is 0 Å². The number of nitrogens with one attached hydrogen (secondary N) is 1. The van der Waals surface area contributed by atoms with Gasteiger partial charge in [-0.1, -0.05) is 6.42 Å². The number of likely N-dealkylation sites (tertiary alicyclic amines) is 1. The van der Waals surface area contributed by atoms with Crippen molar-refractivity contribution >= 4 is 33.1 Å². The second-order valence-electron chi connectivity index (χ2n) is 6.69. The summed E-state index contributed by atoms with van der Waals surface area (Å²) in [5.41, 5.74) is 8.65. The van der Waals surface area contributed by atoms with Gasteiger partial charge in [0.05, 0.1) is 23.1 Å². The summed E-state index contributed by atoms with van der Waals surface area (Å²) in [6.45, 7) is 1.77. The summed E-state index contributed by atoms with van der Waals surface area (Å²) in [7, 11) is 1.61. The number of hydrogen-bond acceptors (Lipinski definition) is 7. The average Bonchev–Trinajstić information content (AvgIpc) is 3.04. The lowest BCUT2D eigenvalue weighted by Gasteiger charge is -2.35. The molecule has 3 aromatic rings. The number of fused-ring (bicyclic) bond motifs is 1. The number of nitrogens with zero attached hydrogens (tertiary/aromatic N) is 4. The van der Waals surface area contributed by atoms with E-state index in [4.69, 9.17) is 10.7 Å². The summed E-state index contributed by atoms with van der Waals surface area (Å²) in [6.07, 6.45) is 8.65. The van der Waals surface area contributed by atoms with E-state index >= 15 is 0 Å². The zero-order chi connectivity index (χ0) is 18.8. The molecule has 140 valence electrons. The SMILES string of the molecule is CNC(=O)c1sc2nc([C@H]3CCCCN3Cc3cnccn3)ccc2c1N. The van der Waals surface area contributed by atoms with Gasteiger partial charge in [-0.2, -0.15) is 0 Å². The predicted octanol–water partition coefficient (Wildman–Crippen LogP) is 2.76. The highest BCUT2D eigenvalue weighted by Crippen LogP contribution is 2.36. The quantitative estimate of drug-likeness (QED) is 0.720. The van der Waals surface area contributed by atoms with Crippen LogP contribution in [0.3, 0.4) is 0 Å². The van der Waals surface area contributed by atoms with E-state index in [0.29, 0.717) is 10.6 Å². The Bertz CT molecular complexity index is 957. The molecule has 3 N–H and O–H groups in total. The zero-order valence-corrected chi connectivity index (χ0v) is 16.0. The van der Waals surface area contributed by atoms with Gasteiger partial charge in [0.2, 0.25) is 0 Å². The van der Waals surface area contributed by atoms with E-state index in [1.165, 1.54) is 24.2 Å². The molecule has 7 nitrogen and oxygen atoms in total. The van der Waals surface area contributed by atoms with E-state index in [1.807, 2.05) is 18.3 Å². The van der Waals surface area contributed by atoms with E-state index < -0.39 is 0 Å². The van der Waals surface area contributed by atoms with E-state index in [0.717, 1.165) is 41.1 Å². The minimum atomic E-state index is -0.168. The summed E-state index contributed by atoms with van der Waals surface area (Å²) in [5.74, 6) is -0.168. The molecule has 4 heterocycles. The minimum Gasteiger partial charge on any atom is -0.397 e. The van der Waals surface area contributed by atoms with Crippen LogP contribution < -0.4 is 11.1 Å². The fraction of sp³-hybridized carbons (Fsp3) is 0.368. The van der Waals surface area contributed by atoms with Crippen molar-refractivity contribution in [3.8, 4) is 0 Å². The van der Waals surface area contributed by atoms with Gasteiger partial charge >= 0.3 is 0 Å². The third-order valence-corrected chi connectivity index (χ3v) is 6.10. The summed E-state index contributed by atoms with van der Waals surface area (Å²) >= 11 is 1.35. The van der Waals surface area contributed by atoms with Crippen LogP contribution in [0.15, 0.2) is 30.7 Å². The fourth-order valence-corrected chi connectivity index (χ4v) is 4.66. The number of pyridine rings is 1. The van der Waals surface area contributed by atoms with Gasteiger partial charge in [-0.25, -0.2) is 4.98 Å². The molecule has 1 aliphatic rings. The van der Waals surface area contributed by atoms with E-state index in [2.05, 4.69) is 20.2 Å². The first-order valence-electron chi connectivity index (χ1n) is 9.07. The number of nitrogens with two attached hydrogens (primary N) is 1. The minimum absolute atomic E-state index is 0.168. The summed E-state index contributed by atoms with van der Waals surface area (Å²) < 4.78 is 0. The van der Waals surface area contributed by atoms with Crippen molar-refractivity contribution < 1.29 is 4.79 Å². The van der Waals surface area contributed by atoms with E-state index in [-0.39, 0.29) is 11.9 Å². The number of hydrogen-bond donors (Lipinski definition) is 2. The average molecular weight is 382 g/mol. The largest absolute Gasteiger partial charge is 0.397 e. The number of carbonyl (C=O) groups excluding carboxylic acids is 1. The Hall–Kier alpha value is -2.58. The molecule has 27 heavy (non-hydrogen) atoms. The molecule has 0 radical (unpaired) electrons. The maximum Gasteiger partial charge on any atom is 0.263 e. The molecular formula is C19H22N6OS. The van der Waals surface area contributed by atoms with Crippen LogP contribution in [-0.2, 0) is 6.54 Å². The lowest BCUT2D eigenvalue weighted by Crippen LogP contribution is -2.33. The first kappa shape index (κ1) is 17.8. The lowest BCUT2D eigenvalue weighted by molar-refractivity contribution is 0.0968. The highest BCUT2D eigenvalue weighted by Gasteiger charge is 2.26. The molecule has 3 aromatic heterocycles. The summed E-state index contributed by atoms with van der Waals surface area (Å²) in [4.78, 5) is 29.2. The highest BCUT2D eigenvalue weighted by molar-refractivity contribution is 7.21. The smallest absolute Gasteiger partial charge is 0.263 e. The fourth-order valence-electron chi connectivity index (χ4n) is 3.61. The predicted molar refractivity (Wildman–Crippen MR) is 106 cm³/mol. The number of thiophene rings is 1. The van der Waals surface area contributed by atoms with Gasteiger partial charge in [0.25, 0.3) is 5.91 Å². The Kier molecular flexibility index (Phi) is 5.00. The van der Waals surface area contributed by atoms with E-state index in [1.54, 1.807) is 19.4 Å². The van der Waals surface area contributed by atoms with Crippen LogP contribution >= 0.6 is 11.3 Å². The summed E-state index contributed by atoms with van der Waals surface area (Å²) in [5, 5.41) is 3.48. The molecule has 0 aromatic carbocycles. The number of aromatic nitrogens is 3. The molecule has 4 rings (SSSR count). The molecule has 0 aliphatic carbocycles. The van der Waals surface area contributed by atoms with Crippen molar-refractivity contribution in [2.45, 2.75) is 31.8 Å². The zero-order valence-electron chi connectivity index (χ0n) is 15.2. The van der Waals surface area contributed by atoms with Crippen LogP contribution in [0.4, 0.5) is 5.69 Å². The third-order valence-electron chi connectivity index (χ3n) is 4.99. The van der Waals surface area contributed by atoms with E-state index in [9.17, 15) is 4.79 Å². The Balaban J connectivity index is 1.65. The number of carbonyl (C=O) groups is 1. The van der Waals surface area contributed by atoms with Crippen LogP contribution in [0.1, 0.15) is 46.4 Å². The lowest BCUT2D eigenvalue weighted by atomic mass is 9.98. The van der Waals surface area contributed by atoms with Crippen LogP contribution in [0.25, 0.3) is 10.2 Å². The highest BCUT2D eigenvalue weighted by atomic mass is 32.1. The normalized spacial score (nSPS) is 17.9. The maximum absolute atomic E-state index is 12.0. The van der Waals surface area contributed by atoms with Crippen molar-refractivity contribution in [1.82, 2.24) is 25.2 Å². The molecule has 0 bridgehead atoms. The molecule has 1 fully saturated rings. The molecule has 1 aliphatic heterocycles. The molecule has 0 spiro atoms. The first-order chi connectivity index (χ1) is 13.2. The monoisotopic (exact) mass is 382 g/mol. The number of anilines is 1. The van der Waals surface area contributed by atoms with Gasteiger partial charge in [0.1, 0.15) is 9.71 Å². The third kappa shape index (κ3) is 3.50. The van der Waals surface area contributed by atoms with Crippen LogP contribution in [0, 0.1) is 0 Å². The molecule has 8 heteroatoms. The van der Waals surface area contributed by atoms with Crippen LogP contribution in [0.5, 0.6) is 0 Å². The molecular weight excluding hydrogens is 360 g/mol. The standard InChI is InChI=1S/C19H22N6OS/c1-21-18(26)17-16(20)13-5-6-14(24-19(13)27-17)15-4-2-3-9-25(15)11-12-10-22-7-8-23-12/h5-8,10,15H,2-4,9,11,20H2,1H3,(H,21,26)/t15-/m1/s1. The molecule has 0 saturated carbocycles. The van der Waals surface area contributed by atoms with Gasteiger partial charge in [-0.05, 0) is 31.5 Å². The van der Waals surface area contributed by atoms with Crippen LogP contribution in [-0.4, -0.2) is 39.4 Å². The maximum atomic E-state index is 12.0. The summed E-state index contributed by atoms with van der Waals surface area (Å²) in [6, 6.07) is 4.26. The van der Waals surface area contributed by atoms with Gasteiger partial charge in [0, 0.05) is 37.6 Å². The Labute approximate surface area is 161 Å². The topological polar surface area (TPSA) is 97.0 Å². The van der Waals surface area contributed by atoms with Gasteiger partial charge in [-0.15, -0.1) is 11.3 Å². The second-order valence-corrected chi connectivity index (χ2v) is 7.69. The first-order valence-corrected chi connectivity index (χ1v) is 9.89. The molecule has 1 saturated heterocycles. The van der Waals surface area contributed by atoms with Gasteiger partial charge in [0.15, 0.2) is 0 Å². The van der Waals surface area contributed by atoms with Crippen molar-refractivity contribution in [1.29, 1.82) is 0 Å². The number of piperidine rings is 1. The Morgan fingerprint density at radius 3 is 3.04 bits per heavy atom. The van der Waals surface area contributed by atoms with Crippen molar-refractivity contribution in [2.75, 3.05) is 19.3 Å². The van der Waals surface area contributed by atoms with Crippen molar-refractivity contribution in [2.24, 2.45) is 0 Å². The number of nitrogen functional groups attached to an aromatic ring is 1. The number of amides is 1. The number of rotatable bonds is 4. The molecule has 1 amide bonds. The van der Waals surface area contributed by atoms with Gasteiger partial charge < -0.3 is 11.1 Å². The van der Waals surface area contributed by atoms with Crippen molar-refractivity contribution in [3.63, 3.8) is 0 Å². The molecule has 1 atom stereocenters. The van der Waals surface area contributed by atoms with Gasteiger partial charge in [-0.3, -0.25) is 19.7 Å².